The van der Waals surface area contributed by atoms with Crippen LogP contribution in [-0.4, -0.2) is 44.3 Å². The van der Waals surface area contributed by atoms with Crippen molar-refractivity contribution in [3.05, 3.63) is 0 Å². The maximum absolute atomic E-state index is 11.6. The molecule has 0 aliphatic heterocycles. The lowest BCUT2D eigenvalue weighted by molar-refractivity contribution is -0.151. The molecule has 0 fully saturated rings. The van der Waals surface area contributed by atoms with Gasteiger partial charge in [0.15, 0.2) is 0 Å². The van der Waals surface area contributed by atoms with Gasteiger partial charge in [-0.2, -0.15) is 0 Å². The number of aliphatic carboxylic acids is 4. The molecule has 24 heavy (non-hydrogen) atoms. The number of rotatable bonds is 14. The summed E-state index contributed by atoms with van der Waals surface area (Å²) in [6.07, 6.45) is 1.15. The first kappa shape index (κ1) is 21.9. The molecule has 0 aliphatic carbocycles. The first-order valence-corrected chi connectivity index (χ1v) is 8.09. The van der Waals surface area contributed by atoms with Gasteiger partial charge in [-0.3, -0.25) is 19.2 Å². The fourth-order valence-corrected chi connectivity index (χ4v) is 3.00. The van der Waals surface area contributed by atoms with Gasteiger partial charge in [-0.1, -0.05) is 13.3 Å². The first-order chi connectivity index (χ1) is 11.2. The van der Waals surface area contributed by atoms with E-state index in [9.17, 15) is 29.4 Å². The summed E-state index contributed by atoms with van der Waals surface area (Å²) in [4.78, 5) is 44.3. The van der Waals surface area contributed by atoms with Crippen LogP contribution in [0.5, 0.6) is 0 Å². The Morgan fingerprint density at radius 1 is 0.708 bits per heavy atom. The van der Waals surface area contributed by atoms with Crippen molar-refractivity contribution in [1.29, 1.82) is 0 Å². The monoisotopic (exact) mass is 346 g/mol. The highest BCUT2D eigenvalue weighted by Crippen LogP contribution is 2.33. The van der Waals surface area contributed by atoms with Crippen molar-refractivity contribution in [2.75, 3.05) is 0 Å². The smallest absolute Gasteiger partial charge is 0.306 e. The molecule has 0 radical (unpaired) electrons. The Hall–Kier alpha value is -2.12. The number of carboxylic acids is 4. The summed E-state index contributed by atoms with van der Waals surface area (Å²) < 4.78 is 0. The van der Waals surface area contributed by atoms with E-state index in [-0.39, 0.29) is 38.5 Å². The molecular formula is C16H26O8. The van der Waals surface area contributed by atoms with E-state index in [1.54, 1.807) is 0 Å². The average molecular weight is 346 g/mol. The highest BCUT2D eigenvalue weighted by Gasteiger charge is 2.37. The second kappa shape index (κ2) is 11.4. The molecular weight excluding hydrogens is 320 g/mol. The van der Waals surface area contributed by atoms with E-state index in [2.05, 4.69) is 0 Å². The SMILES string of the molecule is CCCC(C(CCCC(=O)O)C(=O)O)C(CCCC(=O)O)C(=O)O. The minimum atomic E-state index is -1.14. The molecule has 0 spiro atoms. The van der Waals surface area contributed by atoms with Crippen LogP contribution >= 0.6 is 0 Å². The Labute approximate surface area is 140 Å². The van der Waals surface area contributed by atoms with Crippen LogP contribution in [0.4, 0.5) is 0 Å². The summed E-state index contributed by atoms with van der Waals surface area (Å²) in [6, 6.07) is 0. The molecule has 0 saturated carbocycles. The van der Waals surface area contributed by atoms with Crippen LogP contribution in [0.1, 0.15) is 58.3 Å². The van der Waals surface area contributed by atoms with Crippen molar-refractivity contribution in [2.24, 2.45) is 17.8 Å². The number of hydrogen-bond donors (Lipinski definition) is 4. The molecule has 138 valence electrons. The van der Waals surface area contributed by atoms with E-state index < -0.39 is 41.6 Å². The van der Waals surface area contributed by atoms with E-state index >= 15 is 0 Å². The molecule has 8 heteroatoms. The van der Waals surface area contributed by atoms with Crippen molar-refractivity contribution >= 4 is 23.9 Å². The second-order valence-corrected chi connectivity index (χ2v) is 5.91. The van der Waals surface area contributed by atoms with Gasteiger partial charge in [-0.05, 0) is 38.0 Å². The third-order valence-corrected chi connectivity index (χ3v) is 4.10. The molecule has 0 aliphatic rings. The summed E-state index contributed by atoms with van der Waals surface area (Å²) in [6.45, 7) is 1.82. The van der Waals surface area contributed by atoms with Crippen molar-refractivity contribution < 1.29 is 39.6 Å². The van der Waals surface area contributed by atoms with Crippen LogP contribution in [0.15, 0.2) is 0 Å². The third kappa shape index (κ3) is 8.50. The minimum absolute atomic E-state index is 0.0923. The van der Waals surface area contributed by atoms with Crippen LogP contribution in [0.25, 0.3) is 0 Å². The molecule has 8 nitrogen and oxygen atoms in total. The molecule has 0 bridgehead atoms. The van der Waals surface area contributed by atoms with Gasteiger partial charge in [0.1, 0.15) is 0 Å². The second-order valence-electron chi connectivity index (χ2n) is 5.91. The van der Waals surface area contributed by atoms with E-state index in [1.165, 1.54) is 0 Å². The quantitative estimate of drug-likeness (QED) is 0.374. The lowest BCUT2D eigenvalue weighted by Gasteiger charge is -2.29. The standard InChI is InChI=1S/C16H26O8/c1-2-5-10(11(15(21)22)6-3-8-13(17)18)12(16(23)24)7-4-9-14(19)20/h10-12H,2-9H2,1H3,(H,17,18)(H,19,20)(H,21,22)(H,23,24). The molecule has 2 atom stereocenters. The van der Waals surface area contributed by atoms with Crippen LogP contribution in [0.2, 0.25) is 0 Å². The minimum Gasteiger partial charge on any atom is -0.481 e. The van der Waals surface area contributed by atoms with E-state index in [0.717, 1.165) is 0 Å². The summed E-state index contributed by atoms with van der Waals surface area (Å²) in [5, 5.41) is 36.2. The van der Waals surface area contributed by atoms with Crippen molar-refractivity contribution in [1.82, 2.24) is 0 Å². The van der Waals surface area contributed by atoms with Crippen molar-refractivity contribution in [3.8, 4) is 0 Å². The Morgan fingerprint density at radius 3 is 1.33 bits per heavy atom. The number of hydrogen-bond acceptors (Lipinski definition) is 4. The summed E-state index contributed by atoms with van der Waals surface area (Å²) in [5.41, 5.74) is 0. The van der Waals surface area contributed by atoms with Crippen LogP contribution < -0.4 is 0 Å². The molecule has 0 aromatic heterocycles. The molecule has 0 heterocycles. The molecule has 0 aromatic carbocycles. The topological polar surface area (TPSA) is 149 Å². The zero-order valence-corrected chi connectivity index (χ0v) is 13.8. The molecule has 2 unspecified atom stereocenters. The van der Waals surface area contributed by atoms with Crippen LogP contribution in [0, 0.1) is 17.8 Å². The Balaban J connectivity index is 5.14. The lowest BCUT2D eigenvalue weighted by Crippen LogP contribution is -2.34. The summed E-state index contributed by atoms with van der Waals surface area (Å²) >= 11 is 0. The predicted molar refractivity (Wildman–Crippen MR) is 83.6 cm³/mol. The summed E-state index contributed by atoms with van der Waals surface area (Å²) in [7, 11) is 0. The van der Waals surface area contributed by atoms with Gasteiger partial charge in [-0.25, -0.2) is 0 Å². The number of carbonyl (C=O) groups is 4. The van der Waals surface area contributed by atoms with Gasteiger partial charge in [-0.15, -0.1) is 0 Å². The zero-order valence-electron chi connectivity index (χ0n) is 13.8. The maximum Gasteiger partial charge on any atom is 0.306 e. The van der Waals surface area contributed by atoms with E-state index in [1.807, 2.05) is 6.92 Å². The normalized spacial score (nSPS) is 14.5. The van der Waals surface area contributed by atoms with E-state index in [0.29, 0.717) is 12.8 Å². The van der Waals surface area contributed by atoms with Crippen LogP contribution in [-0.2, 0) is 19.2 Å². The fourth-order valence-electron chi connectivity index (χ4n) is 3.00. The van der Waals surface area contributed by atoms with Gasteiger partial charge < -0.3 is 20.4 Å². The van der Waals surface area contributed by atoms with Crippen LogP contribution in [0.3, 0.4) is 0 Å². The van der Waals surface area contributed by atoms with Crippen molar-refractivity contribution in [3.63, 3.8) is 0 Å². The van der Waals surface area contributed by atoms with Gasteiger partial charge in [0.25, 0.3) is 0 Å². The number of carboxylic acid groups (broad SMARTS) is 4. The average Bonchev–Trinajstić information content (AvgIpc) is 2.45. The highest BCUT2D eigenvalue weighted by atomic mass is 16.4. The lowest BCUT2D eigenvalue weighted by atomic mass is 9.74. The largest absolute Gasteiger partial charge is 0.481 e. The third-order valence-electron chi connectivity index (χ3n) is 4.10. The molecule has 0 saturated heterocycles. The summed E-state index contributed by atoms with van der Waals surface area (Å²) in [5.74, 6) is -6.87. The molecule has 0 aromatic rings. The van der Waals surface area contributed by atoms with E-state index in [4.69, 9.17) is 10.2 Å². The van der Waals surface area contributed by atoms with Gasteiger partial charge in [0, 0.05) is 12.8 Å². The first-order valence-electron chi connectivity index (χ1n) is 8.09. The van der Waals surface area contributed by atoms with Gasteiger partial charge in [0.05, 0.1) is 11.8 Å². The fraction of sp³-hybridized carbons (Fsp3) is 0.750. The molecule has 4 N–H and O–H groups in total. The molecule has 0 rings (SSSR count). The Kier molecular flexibility index (Phi) is 10.4. The Bertz CT molecular complexity index is 407. The van der Waals surface area contributed by atoms with Gasteiger partial charge in [0.2, 0.25) is 0 Å². The van der Waals surface area contributed by atoms with Crippen molar-refractivity contribution in [2.45, 2.75) is 58.3 Å². The molecule has 0 amide bonds. The van der Waals surface area contributed by atoms with Gasteiger partial charge >= 0.3 is 23.9 Å². The highest BCUT2D eigenvalue weighted by molar-refractivity contribution is 5.75. The maximum atomic E-state index is 11.6. The predicted octanol–water partition coefficient (Wildman–Crippen LogP) is 2.31. The zero-order chi connectivity index (χ0) is 18.7. The Morgan fingerprint density at radius 2 is 1.08 bits per heavy atom.